The Morgan fingerprint density at radius 2 is 2.12 bits per heavy atom. The second-order valence-electron chi connectivity index (χ2n) is 3.22. The van der Waals surface area contributed by atoms with E-state index in [2.05, 4.69) is 10.2 Å². The zero-order valence-electron chi connectivity index (χ0n) is 9.19. The Morgan fingerprint density at radius 1 is 1.50 bits per heavy atom. The Bertz CT molecular complexity index is 271. The Kier molecular flexibility index (Phi) is 7.48. The molecule has 3 N–H and O–H groups in total. The zero-order valence-corrected chi connectivity index (χ0v) is 10.0. The van der Waals surface area contributed by atoms with Crippen LogP contribution in [0, 0.1) is 0 Å². The highest BCUT2D eigenvalue weighted by molar-refractivity contribution is 7.84. The smallest absolute Gasteiger partial charge is 0.338 e. The van der Waals surface area contributed by atoms with Gasteiger partial charge in [-0.2, -0.15) is 0 Å². The molecule has 94 valence electrons. The molecule has 2 atom stereocenters. The average Bonchev–Trinajstić information content (AvgIpc) is 2.14. The quantitative estimate of drug-likeness (QED) is 0.528. The molecule has 0 aromatic heterocycles. The van der Waals surface area contributed by atoms with Crippen molar-refractivity contribution in [2.24, 2.45) is 0 Å². The van der Waals surface area contributed by atoms with E-state index in [0.29, 0.717) is 12.2 Å². The Morgan fingerprint density at radius 3 is 2.62 bits per heavy atom. The van der Waals surface area contributed by atoms with Crippen molar-refractivity contribution in [3.8, 4) is 0 Å². The van der Waals surface area contributed by atoms with Gasteiger partial charge in [-0.05, 0) is 13.3 Å². The van der Waals surface area contributed by atoms with Gasteiger partial charge in [-0.25, -0.2) is 15.1 Å². The van der Waals surface area contributed by atoms with Crippen LogP contribution >= 0.6 is 0 Å². The van der Waals surface area contributed by atoms with Gasteiger partial charge in [-0.3, -0.25) is 9.05 Å². The van der Waals surface area contributed by atoms with Crippen molar-refractivity contribution < 1.29 is 23.7 Å². The van der Waals surface area contributed by atoms with Crippen LogP contribution in [0.4, 0.5) is 4.79 Å². The van der Waals surface area contributed by atoms with Crippen molar-refractivity contribution >= 4 is 22.8 Å². The van der Waals surface area contributed by atoms with Crippen molar-refractivity contribution in [1.29, 1.82) is 0 Å². The molecule has 0 fully saturated rings. The van der Waals surface area contributed by atoms with E-state index in [4.69, 9.17) is 5.11 Å². The highest BCUT2D eigenvalue weighted by Crippen LogP contribution is 1.92. The van der Waals surface area contributed by atoms with Crippen LogP contribution in [-0.4, -0.2) is 46.0 Å². The number of hydroxylamine groups is 1. The van der Waals surface area contributed by atoms with Crippen LogP contribution in [0.15, 0.2) is 0 Å². The predicted octanol–water partition coefficient (Wildman–Crippen LogP) is -0.541. The molecule has 8 heteroatoms. The number of amides is 2. The minimum atomic E-state index is -1.17. The van der Waals surface area contributed by atoms with E-state index < -0.39 is 29.4 Å². The topological polar surface area (TPSA) is 105 Å². The van der Waals surface area contributed by atoms with Crippen LogP contribution in [0.2, 0.25) is 0 Å². The number of aliphatic carboxylic acids is 1. The molecule has 0 heterocycles. The SMILES string of the molecule is CC(CCS(C)=O)NC(=O)NOCC(=O)O. The maximum Gasteiger partial charge on any atom is 0.338 e. The van der Waals surface area contributed by atoms with Crippen LogP contribution in [0.1, 0.15) is 13.3 Å². The summed E-state index contributed by atoms with van der Waals surface area (Å²) in [5.41, 5.74) is 1.93. The van der Waals surface area contributed by atoms with E-state index in [1.54, 1.807) is 13.2 Å². The van der Waals surface area contributed by atoms with Crippen molar-refractivity contribution in [3.63, 3.8) is 0 Å². The zero-order chi connectivity index (χ0) is 12.6. The number of hydrogen-bond acceptors (Lipinski definition) is 4. The lowest BCUT2D eigenvalue weighted by molar-refractivity contribution is -0.144. The van der Waals surface area contributed by atoms with E-state index in [0.717, 1.165) is 0 Å². The summed E-state index contributed by atoms with van der Waals surface area (Å²) in [5.74, 6) is -0.674. The Balaban J connectivity index is 3.61. The third-order valence-corrected chi connectivity index (χ3v) is 2.39. The van der Waals surface area contributed by atoms with E-state index in [-0.39, 0.29) is 6.04 Å². The third-order valence-electron chi connectivity index (χ3n) is 1.58. The van der Waals surface area contributed by atoms with Crippen LogP contribution in [-0.2, 0) is 20.4 Å². The highest BCUT2D eigenvalue weighted by atomic mass is 32.2. The molecule has 0 spiro atoms. The number of rotatable bonds is 7. The second-order valence-corrected chi connectivity index (χ2v) is 4.78. The summed E-state index contributed by atoms with van der Waals surface area (Å²) in [5, 5.41) is 10.7. The lowest BCUT2D eigenvalue weighted by atomic mass is 10.3. The van der Waals surface area contributed by atoms with Crippen molar-refractivity contribution in [3.05, 3.63) is 0 Å². The summed E-state index contributed by atoms with van der Waals surface area (Å²) in [4.78, 5) is 25.5. The molecule has 0 bridgehead atoms. The highest BCUT2D eigenvalue weighted by Gasteiger charge is 2.08. The minimum absolute atomic E-state index is 0.155. The largest absolute Gasteiger partial charge is 0.479 e. The van der Waals surface area contributed by atoms with E-state index in [9.17, 15) is 13.8 Å². The van der Waals surface area contributed by atoms with Crippen molar-refractivity contribution in [2.75, 3.05) is 18.6 Å². The molecule has 0 radical (unpaired) electrons. The minimum Gasteiger partial charge on any atom is -0.479 e. The van der Waals surface area contributed by atoms with Crippen LogP contribution in [0.25, 0.3) is 0 Å². The number of nitrogens with one attached hydrogen (secondary N) is 2. The average molecular weight is 252 g/mol. The van der Waals surface area contributed by atoms with Gasteiger partial charge in [0.05, 0.1) is 0 Å². The lowest BCUT2D eigenvalue weighted by Crippen LogP contribution is -2.41. The molecule has 0 saturated heterocycles. The molecular formula is C8H16N2O5S. The van der Waals surface area contributed by atoms with Crippen LogP contribution < -0.4 is 10.8 Å². The summed E-state index contributed by atoms with van der Waals surface area (Å²) < 4.78 is 10.8. The normalized spacial score (nSPS) is 13.9. The molecule has 0 saturated carbocycles. The maximum atomic E-state index is 11.1. The fourth-order valence-corrected chi connectivity index (χ4v) is 1.52. The number of carboxylic acids is 1. The predicted molar refractivity (Wildman–Crippen MR) is 58.3 cm³/mol. The summed E-state index contributed by atoms with van der Waals surface area (Å²) in [6, 6.07) is -0.770. The maximum absolute atomic E-state index is 11.1. The van der Waals surface area contributed by atoms with Gasteiger partial charge in [0, 0.05) is 28.9 Å². The lowest BCUT2D eigenvalue weighted by Gasteiger charge is -2.13. The van der Waals surface area contributed by atoms with Gasteiger partial charge in [0.1, 0.15) is 0 Å². The molecular weight excluding hydrogens is 236 g/mol. The van der Waals surface area contributed by atoms with E-state index >= 15 is 0 Å². The summed E-state index contributed by atoms with van der Waals surface area (Å²) >= 11 is 0. The summed E-state index contributed by atoms with van der Waals surface area (Å²) in [6.07, 6.45) is 2.16. The van der Waals surface area contributed by atoms with Gasteiger partial charge < -0.3 is 10.4 Å². The van der Waals surface area contributed by atoms with Gasteiger partial charge in [-0.1, -0.05) is 0 Å². The monoisotopic (exact) mass is 252 g/mol. The second kappa shape index (κ2) is 8.05. The van der Waals surface area contributed by atoms with Gasteiger partial charge in [0.25, 0.3) is 0 Å². The molecule has 0 aliphatic heterocycles. The Hall–Kier alpha value is -1.15. The standard InChI is InChI=1S/C8H16N2O5S/c1-6(3-4-16(2)14)9-8(13)10-15-5-7(11)12/h6H,3-5H2,1-2H3,(H,11,12)(H2,9,10,13). The van der Waals surface area contributed by atoms with Gasteiger partial charge in [0.2, 0.25) is 0 Å². The van der Waals surface area contributed by atoms with Crippen LogP contribution in [0.5, 0.6) is 0 Å². The number of carbonyl (C=O) groups excluding carboxylic acids is 1. The van der Waals surface area contributed by atoms with Gasteiger partial charge in [0.15, 0.2) is 6.61 Å². The first-order valence-corrected chi connectivity index (χ1v) is 6.34. The van der Waals surface area contributed by atoms with E-state index in [1.807, 2.05) is 5.48 Å². The Labute approximate surface area is 96.0 Å². The molecule has 0 aromatic carbocycles. The molecule has 0 rings (SSSR count). The first-order chi connectivity index (χ1) is 7.41. The molecule has 0 aromatic rings. The third kappa shape index (κ3) is 9.41. The number of carbonyl (C=O) groups is 2. The fraction of sp³-hybridized carbons (Fsp3) is 0.750. The van der Waals surface area contributed by atoms with Crippen molar-refractivity contribution in [2.45, 2.75) is 19.4 Å². The molecule has 16 heavy (non-hydrogen) atoms. The molecule has 7 nitrogen and oxygen atoms in total. The molecule has 0 aliphatic rings. The molecule has 2 unspecified atom stereocenters. The number of urea groups is 1. The number of hydrogen-bond donors (Lipinski definition) is 3. The fourth-order valence-electron chi connectivity index (χ4n) is 0.832. The van der Waals surface area contributed by atoms with E-state index in [1.165, 1.54) is 0 Å². The summed E-state index contributed by atoms with van der Waals surface area (Å²) in [7, 11) is -0.893. The van der Waals surface area contributed by atoms with Gasteiger partial charge >= 0.3 is 12.0 Å². The van der Waals surface area contributed by atoms with Crippen LogP contribution in [0.3, 0.4) is 0 Å². The molecule has 0 aliphatic carbocycles. The van der Waals surface area contributed by atoms with Crippen molar-refractivity contribution in [1.82, 2.24) is 10.8 Å². The van der Waals surface area contributed by atoms with Gasteiger partial charge in [-0.15, -0.1) is 0 Å². The number of carboxylic acid groups (broad SMARTS) is 1. The first kappa shape index (κ1) is 14.8. The molecule has 2 amide bonds. The first-order valence-electron chi connectivity index (χ1n) is 4.62. The summed E-state index contributed by atoms with van der Waals surface area (Å²) in [6.45, 7) is 1.16.